The van der Waals surface area contributed by atoms with Crippen LogP contribution in [0, 0.1) is 0 Å². The minimum absolute atomic E-state index is 0.214. The van der Waals surface area contributed by atoms with E-state index in [1.807, 2.05) is 81.4 Å². The summed E-state index contributed by atoms with van der Waals surface area (Å²) >= 11 is 0. The summed E-state index contributed by atoms with van der Waals surface area (Å²) in [6, 6.07) is 19.3. The van der Waals surface area contributed by atoms with Crippen LogP contribution in [-0.2, 0) is 30.3 Å². The molecular weight excluding hydrogens is 396 g/mol. The molecule has 0 aliphatic carbocycles. The van der Waals surface area contributed by atoms with Crippen molar-refractivity contribution in [2.75, 3.05) is 13.2 Å². The van der Waals surface area contributed by atoms with Gasteiger partial charge in [0.05, 0.1) is 25.9 Å². The highest BCUT2D eigenvalue weighted by Crippen LogP contribution is 2.28. The van der Waals surface area contributed by atoms with Gasteiger partial charge < -0.3 is 28.8 Å². The Kier molecular flexibility index (Phi) is 11.5. The van der Waals surface area contributed by atoms with E-state index in [2.05, 4.69) is 6.58 Å². The van der Waals surface area contributed by atoms with Crippen LogP contribution < -0.4 is 0 Å². The molecule has 1 aliphatic heterocycles. The largest absolute Gasteiger partial charge is 0.364 e. The van der Waals surface area contributed by atoms with Gasteiger partial charge in [-0.1, -0.05) is 80.6 Å². The summed E-state index contributed by atoms with van der Waals surface area (Å²) in [5.41, 5.74) is 1.89. The summed E-state index contributed by atoms with van der Waals surface area (Å²) < 4.78 is 28.8. The Balaban J connectivity index is 0.00000166. The average Bonchev–Trinajstić information content (AvgIpc) is 2.83. The van der Waals surface area contributed by atoms with Gasteiger partial charge >= 0.3 is 0 Å². The lowest BCUT2D eigenvalue weighted by Gasteiger charge is -2.37. The number of hydrogen-bond acceptors (Lipinski definition) is 6. The Hall–Kier alpha value is -2.06. The zero-order valence-electron chi connectivity index (χ0n) is 18.6. The second kappa shape index (κ2) is 14.1. The quantitative estimate of drug-likeness (QED) is 0.439. The third kappa shape index (κ3) is 8.18. The number of hydrogen-bond donors (Lipinski definition) is 1. The maximum absolute atomic E-state index is 10.5. The van der Waals surface area contributed by atoms with Crippen molar-refractivity contribution in [2.45, 2.75) is 58.5 Å². The summed E-state index contributed by atoms with van der Waals surface area (Å²) in [6.07, 6.45) is -1.80. The van der Waals surface area contributed by atoms with Gasteiger partial charge in [0.2, 0.25) is 12.6 Å². The van der Waals surface area contributed by atoms with E-state index in [-0.39, 0.29) is 19.3 Å². The molecular formula is C25H34O6. The summed E-state index contributed by atoms with van der Waals surface area (Å²) in [6.45, 7) is 10.3. The lowest BCUT2D eigenvalue weighted by atomic mass is 10.1. The molecule has 3 rings (SSSR count). The SMILES string of the molecule is C=CCOC(OC1COC(c2ccccc2)OC1C)C(O)OCc1ccccc1.CC. The average molecular weight is 431 g/mol. The Morgan fingerprint density at radius 2 is 1.71 bits per heavy atom. The van der Waals surface area contributed by atoms with Crippen molar-refractivity contribution < 1.29 is 28.8 Å². The van der Waals surface area contributed by atoms with E-state index >= 15 is 0 Å². The zero-order valence-corrected chi connectivity index (χ0v) is 18.6. The second-order valence-corrected chi connectivity index (χ2v) is 6.77. The van der Waals surface area contributed by atoms with E-state index in [1.54, 1.807) is 6.08 Å². The van der Waals surface area contributed by atoms with E-state index in [4.69, 9.17) is 23.7 Å². The molecule has 5 atom stereocenters. The van der Waals surface area contributed by atoms with E-state index in [0.29, 0.717) is 6.61 Å². The Bertz CT molecular complexity index is 723. The van der Waals surface area contributed by atoms with Crippen LogP contribution in [0.25, 0.3) is 0 Å². The lowest BCUT2D eigenvalue weighted by molar-refractivity contribution is -0.328. The number of benzene rings is 2. The van der Waals surface area contributed by atoms with Crippen molar-refractivity contribution in [3.05, 3.63) is 84.4 Å². The van der Waals surface area contributed by atoms with E-state index < -0.39 is 25.0 Å². The molecule has 2 aromatic rings. The lowest BCUT2D eigenvalue weighted by Crippen LogP contribution is -2.46. The van der Waals surface area contributed by atoms with Crippen LogP contribution in [0.2, 0.25) is 0 Å². The van der Waals surface area contributed by atoms with Gasteiger partial charge in [-0.15, -0.1) is 6.58 Å². The van der Waals surface area contributed by atoms with Crippen LogP contribution >= 0.6 is 0 Å². The first-order valence-corrected chi connectivity index (χ1v) is 10.7. The minimum Gasteiger partial charge on any atom is -0.364 e. The molecule has 1 saturated heterocycles. The van der Waals surface area contributed by atoms with Crippen molar-refractivity contribution in [1.29, 1.82) is 0 Å². The minimum atomic E-state index is -1.27. The highest BCUT2D eigenvalue weighted by molar-refractivity contribution is 5.16. The molecule has 0 amide bonds. The number of ether oxygens (including phenoxy) is 5. The molecule has 6 heteroatoms. The van der Waals surface area contributed by atoms with Crippen LogP contribution in [0.5, 0.6) is 0 Å². The zero-order chi connectivity index (χ0) is 22.5. The van der Waals surface area contributed by atoms with E-state index in [0.717, 1.165) is 11.1 Å². The molecule has 1 heterocycles. The first-order valence-electron chi connectivity index (χ1n) is 10.7. The summed E-state index contributed by atoms with van der Waals surface area (Å²) in [4.78, 5) is 0. The van der Waals surface area contributed by atoms with Crippen molar-refractivity contribution in [3.63, 3.8) is 0 Å². The van der Waals surface area contributed by atoms with Gasteiger partial charge in [-0.25, -0.2) is 0 Å². The molecule has 1 aliphatic rings. The van der Waals surface area contributed by atoms with Gasteiger partial charge in [-0.3, -0.25) is 0 Å². The Morgan fingerprint density at radius 1 is 1.06 bits per heavy atom. The smallest absolute Gasteiger partial charge is 0.209 e. The predicted molar refractivity (Wildman–Crippen MR) is 119 cm³/mol. The van der Waals surface area contributed by atoms with Crippen molar-refractivity contribution in [1.82, 2.24) is 0 Å². The highest BCUT2D eigenvalue weighted by atomic mass is 16.8. The first-order chi connectivity index (χ1) is 15.2. The van der Waals surface area contributed by atoms with Crippen LogP contribution in [0.4, 0.5) is 0 Å². The predicted octanol–water partition coefficient (Wildman–Crippen LogP) is 4.60. The standard InChI is InChI=1S/C23H28O6.C2H6/c1-3-14-25-23(21(24)26-15-18-10-6-4-7-11-18)29-20-16-27-22(28-17(20)2)19-12-8-5-9-13-19;1-2/h3-13,17,20-24H,1,14-16H2,2H3;1-2H3. The maximum atomic E-state index is 10.5. The fourth-order valence-corrected chi connectivity index (χ4v) is 2.93. The molecule has 6 nitrogen and oxygen atoms in total. The second-order valence-electron chi connectivity index (χ2n) is 6.77. The van der Waals surface area contributed by atoms with Gasteiger partial charge in [0.25, 0.3) is 0 Å². The molecule has 0 spiro atoms. The fourth-order valence-electron chi connectivity index (χ4n) is 2.93. The van der Waals surface area contributed by atoms with E-state index in [1.165, 1.54) is 0 Å². The molecule has 0 aromatic heterocycles. The highest BCUT2D eigenvalue weighted by Gasteiger charge is 2.34. The molecule has 1 N–H and O–H groups in total. The van der Waals surface area contributed by atoms with E-state index in [9.17, 15) is 5.11 Å². The maximum Gasteiger partial charge on any atom is 0.209 e. The normalized spacial score (nSPS) is 22.6. The number of rotatable bonds is 10. The van der Waals surface area contributed by atoms with Gasteiger partial charge in [0.15, 0.2) is 6.29 Å². The fraction of sp³-hybridized carbons (Fsp3) is 0.440. The monoisotopic (exact) mass is 430 g/mol. The van der Waals surface area contributed by atoms with Crippen molar-refractivity contribution in [3.8, 4) is 0 Å². The third-order valence-corrected chi connectivity index (χ3v) is 4.53. The van der Waals surface area contributed by atoms with Crippen LogP contribution in [0.3, 0.4) is 0 Å². The Morgan fingerprint density at radius 3 is 2.32 bits per heavy atom. The third-order valence-electron chi connectivity index (χ3n) is 4.53. The summed E-state index contributed by atoms with van der Waals surface area (Å²) in [5, 5.41) is 10.5. The number of aliphatic hydroxyl groups excluding tert-OH is 1. The molecule has 1 fully saturated rings. The molecule has 170 valence electrons. The first kappa shape index (κ1) is 25.2. The van der Waals surface area contributed by atoms with Crippen LogP contribution in [0.15, 0.2) is 73.3 Å². The molecule has 0 radical (unpaired) electrons. The van der Waals surface area contributed by atoms with Crippen molar-refractivity contribution >= 4 is 0 Å². The summed E-state index contributed by atoms with van der Waals surface area (Å²) in [7, 11) is 0. The van der Waals surface area contributed by atoms with Crippen molar-refractivity contribution in [2.24, 2.45) is 0 Å². The number of aliphatic hydroxyl groups is 1. The molecule has 0 saturated carbocycles. The molecule has 5 unspecified atom stereocenters. The molecule has 2 aromatic carbocycles. The van der Waals surface area contributed by atoms with Gasteiger partial charge in [0.1, 0.15) is 6.10 Å². The molecule has 0 bridgehead atoms. The van der Waals surface area contributed by atoms with Gasteiger partial charge in [-0.2, -0.15) is 0 Å². The van der Waals surface area contributed by atoms with Crippen LogP contribution in [-0.4, -0.2) is 43.1 Å². The molecule has 31 heavy (non-hydrogen) atoms. The summed E-state index contributed by atoms with van der Waals surface area (Å²) in [5.74, 6) is 0. The van der Waals surface area contributed by atoms with Gasteiger partial charge in [-0.05, 0) is 12.5 Å². The van der Waals surface area contributed by atoms with Gasteiger partial charge in [0, 0.05) is 5.56 Å². The topological polar surface area (TPSA) is 66.4 Å². The van der Waals surface area contributed by atoms with Crippen LogP contribution in [0.1, 0.15) is 38.2 Å². The Labute approximate surface area is 185 Å².